The van der Waals surface area contributed by atoms with Gasteiger partial charge in [-0.25, -0.2) is 0 Å². The quantitative estimate of drug-likeness (QED) is 0.447. The number of rotatable bonds is 4. The van der Waals surface area contributed by atoms with Gasteiger partial charge in [0.25, 0.3) is 10.1 Å². The molecule has 3 saturated carbocycles. The first-order valence-corrected chi connectivity index (χ1v) is 13.4. The van der Waals surface area contributed by atoms with Crippen LogP contribution in [0.1, 0.15) is 91.3 Å². The van der Waals surface area contributed by atoms with E-state index in [9.17, 15) is 17.5 Å². The minimum Gasteiger partial charge on any atom is -1.00 e. The van der Waals surface area contributed by atoms with Gasteiger partial charge in [0.05, 0.1) is 12.4 Å². The zero-order valence-corrected chi connectivity index (χ0v) is 19.4. The van der Waals surface area contributed by atoms with E-state index >= 15 is 0 Å². The molecule has 3 fully saturated rings. The van der Waals surface area contributed by atoms with Crippen molar-refractivity contribution in [3.8, 4) is 0 Å². The Balaban J connectivity index is 0.00000169. The molecule has 2 unspecified atom stereocenters. The van der Waals surface area contributed by atoms with Crippen LogP contribution in [0.3, 0.4) is 0 Å². The third-order valence-corrected chi connectivity index (χ3v) is 13.1. The molecule has 0 amide bonds. The Morgan fingerprint density at radius 1 is 0.720 bits per heavy atom. The van der Waals surface area contributed by atoms with Gasteiger partial charge in [-0.1, -0.05) is 44.9 Å². The predicted molar refractivity (Wildman–Crippen MR) is 100 cm³/mol. The van der Waals surface area contributed by atoms with Crippen molar-refractivity contribution in [3.05, 3.63) is 0 Å². The van der Waals surface area contributed by atoms with Gasteiger partial charge in [0.15, 0.2) is 0 Å². The molecule has 7 heteroatoms. The fourth-order valence-corrected chi connectivity index (χ4v) is 12.0. The van der Waals surface area contributed by atoms with Crippen molar-refractivity contribution < 1.29 is 48.5 Å². The van der Waals surface area contributed by atoms with Crippen molar-refractivity contribution in [2.24, 2.45) is 0 Å². The molecular formula is C18H34NaO4PS. The van der Waals surface area contributed by atoms with E-state index in [1.807, 2.05) is 0 Å². The summed E-state index contributed by atoms with van der Waals surface area (Å²) in [7, 11) is -6.43. The molecule has 142 valence electrons. The Hall–Kier alpha value is 1.14. The van der Waals surface area contributed by atoms with Crippen molar-refractivity contribution >= 4 is 17.3 Å². The van der Waals surface area contributed by atoms with Crippen LogP contribution in [-0.2, 0) is 14.7 Å². The maximum atomic E-state index is 14.5. The summed E-state index contributed by atoms with van der Waals surface area (Å²) in [4.78, 5) is 0. The van der Waals surface area contributed by atoms with Gasteiger partial charge in [-0.15, -0.1) is 0 Å². The zero-order valence-electron chi connectivity index (χ0n) is 16.7. The molecular weight excluding hydrogens is 366 g/mol. The summed E-state index contributed by atoms with van der Waals surface area (Å²) < 4.78 is 47.4. The van der Waals surface area contributed by atoms with E-state index in [1.54, 1.807) is 0 Å². The van der Waals surface area contributed by atoms with Crippen molar-refractivity contribution in [3.63, 3.8) is 0 Å². The Kier molecular flexibility index (Phi) is 8.58. The van der Waals surface area contributed by atoms with Crippen LogP contribution in [0.15, 0.2) is 0 Å². The molecule has 0 aromatic carbocycles. The van der Waals surface area contributed by atoms with E-state index in [0.29, 0.717) is 24.2 Å². The Bertz CT molecular complexity index is 552. The average Bonchev–Trinajstić information content (AvgIpc) is 2.62. The minimum atomic E-state index is -4.00. The SMILES string of the molecule is O=P(C1CCCCC1)(C1CCCCC1)C1CCCC(S(=O)(=O)O)C1.[H-].[Na+]. The Morgan fingerprint density at radius 3 is 1.60 bits per heavy atom. The first kappa shape index (κ1) is 22.4. The molecule has 25 heavy (non-hydrogen) atoms. The molecule has 0 heterocycles. The topological polar surface area (TPSA) is 71.4 Å². The molecule has 2 atom stereocenters. The van der Waals surface area contributed by atoms with Crippen molar-refractivity contribution in [1.29, 1.82) is 0 Å². The molecule has 3 aliphatic rings. The first-order valence-electron chi connectivity index (χ1n) is 9.97. The monoisotopic (exact) mass is 400 g/mol. The van der Waals surface area contributed by atoms with Crippen LogP contribution in [0.4, 0.5) is 0 Å². The second kappa shape index (κ2) is 9.56. The average molecular weight is 400 g/mol. The molecule has 0 saturated heterocycles. The van der Waals surface area contributed by atoms with Crippen LogP contribution in [-0.4, -0.2) is 35.2 Å². The van der Waals surface area contributed by atoms with Gasteiger partial charge < -0.3 is 5.99 Å². The summed E-state index contributed by atoms with van der Waals surface area (Å²) in [5.41, 5.74) is 0.670. The van der Waals surface area contributed by atoms with E-state index in [0.717, 1.165) is 38.5 Å². The van der Waals surface area contributed by atoms with Gasteiger partial charge >= 0.3 is 29.6 Å². The Labute approximate surface area is 177 Å². The van der Waals surface area contributed by atoms with Crippen molar-refractivity contribution in [2.45, 2.75) is 112 Å². The molecule has 0 aromatic heterocycles. The fraction of sp³-hybridized carbons (Fsp3) is 1.00. The summed E-state index contributed by atoms with van der Waals surface area (Å²) in [6.07, 6.45) is 14.1. The van der Waals surface area contributed by atoms with Crippen LogP contribution < -0.4 is 29.6 Å². The summed E-state index contributed by atoms with van der Waals surface area (Å²) in [6, 6.07) is 0. The largest absolute Gasteiger partial charge is 1.00 e. The Morgan fingerprint density at radius 2 is 1.16 bits per heavy atom. The summed E-state index contributed by atoms with van der Waals surface area (Å²) in [5.74, 6) is 0. The molecule has 3 aliphatic carbocycles. The predicted octanol–water partition coefficient (Wildman–Crippen LogP) is 2.33. The molecule has 0 spiro atoms. The zero-order chi connectivity index (χ0) is 17.2. The molecule has 3 rings (SSSR count). The summed E-state index contributed by atoms with van der Waals surface area (Å²) in [6.45, 7) is 0. The normalized spacial score (nSPS) is 30.6. The number of hydrogen-bond donors (Lipinski definition) is 1. The standard InChI is InChI=1S/C18H33O4PS.Na.H/c19-23(15-8-3-1-4-9-15,16-10-5-2-6-11-16)17-12-7-13-18(14-17)24(20,21)22;;/h15-18H,1-14H2,(H,20,21,22);;/q;+1;-1. The minimum absolute atomic E-state index is 0. The molecule has 0 radical (unpaired) electrons. The maximum absolute atomic E-state index is 14.5. The van der Waals surface area contributed by atoms with Gasteiger partial charge in [-0.3, -0.25) is 4.55 Å². The van der Waals surface area contributed by atoms with Crippen LogP contribution in [0.2, 0.25) is 0 Å². The maximum Gasteiger partial charge on any atom is 1.00 e. The third-order valence-electron chi connectivity index (χ3n) is 6.88. The van der Waals surface area contributed by atoms with E-state index in [2.05, 4.69) is 0 Å². The van der Waals surface area contributed by atoms with Gasteiger partial charge in [0, 0.05) is 17.0 Å². The molecule has 0 aliphatic heterocycles. The number of hydrogen-bond acceptors (Lipinski definition) is 3. The fourth-order valence-electron chi connectivity index (χ4n) is 5.62. The van der Waals surface area contributed by atoms with E-state index in [4.69, 9.17) is 0 Å². The molecule has 4 nitrogen and oxygen atoms in total. The summed E-state index contributed by atoms with van der Waals surface area (Å²) in [5, 5.41) is -0.684. The van der Waals surface area contributed by atoms with Gasteiger partial charge in [0.2, 0.25) is 0 Å². The third kappa shape index (κ3) is 5.15. The van der Waals surface area contributed by atoms with Crippen LogP contribution in [0.25, 0.3) is 0 Å². The van der Waals surface area contributed by atoms with E-state index in [-0.39, 0.29) is 36.6 Å². The van der Waals surface area contributed by atoms with Gasteiger partial charge in [-0.05, 0) is 44.9 Å². The molecule has 0 aromatic rings. The van der Waals surface area contributed by atoms with Crippen molar-refractivity contribution in [1.82, 2.24) is 0 Å². The smallest absolute Gasteiger partial charge is 1.00 e. The first-order chi connectivity index (χ1) is 11.4. The second-order valence-corrected chi connectivity index (χ2v) is 13.7. The van der Waals surface area contributed by atoms with Crippen LogP contribution >= 0.6 is 7.14 Å². The van der Waals surface area contributed by atoms with Crippen LogP contribution in [0, 0.1) is 0 Å². The van der Waals surface area contributed by atoms with Gasteiger partial charge in [-0.2, -0.15) is 8.42 Å². The van der Waals surface area contributed by atoms with Crippen LogP contribution in [0.5, 0.6) is 0 Å². The van der Waals surface area contributed by atoms with E-state index < -0.39 is 22.5 Å². The summed E-state index contributed by atoms with van der Waals surface area (Å²) >= 11 is 0. The second-order valence-electron chi connectivity index (χ2n) is 8.30. The van der Waals surface area contributed by atoms with E-state index in [1.165, 1.54) is 38.5 Å². The van der Waals surface area contributed by atoms with Gasteiger partial charge in [0.1, 0.15) is 0 Å². The van der Waals surface area contributed by atoms with Crippen molar-refractivity contribution in [2.75, 3.05) is 0 Å². The molecule has 1 N–H and O–H groups in total. The molecule has 0 bridgehead atoms.